The highest BCUT2D eigenvalue weighted by Gasteiger charge is 2.10. The van der Waals surface area contributed by atoms with Crippen LogP contribution in [0.1, 0.15) is 15.9 Å². The topological polar surface area (TPSA) is 64.6 Å². The molecule has 0 aliphatic rings. The molecule has 0 saturated carbocycles. The number of nitrogens with one attached hydrogen (secondary N) is 1. The molecule has 6 heteroatoms. The Balaban J connectivity index is 1.45. The summed E-state index contributed by atoms with van der Waals surface area (Å²) in [5.74, 6) is 0.425. The number of benzene rings is 3. The number of para-hydroxylation sites is 1. The first-order chi connectivity index (χ1) is 13.6. The molecule has 0 aromatic heterocycles. The van der Waals surface area contributed by atoms with Gasteiger partial charge in [0.2, 0.25) is 0 Å². The first-order valence-corrected chi connectivity index (χ1v) is 8.99. The molecule has 0 aliphatic heterocycles. The molecule has 142 valence electrons. The first-order valence-electron chi connectivity index (χ1n) is 8.61. The van der Waals surface area contributed by atoms with Gasteiger partial charge < -0.3 is 14.8 Å². The number of amides is 1. The molecule has 0 heterocycles. The molecule has 3 aromatic rings. The summed E-state index contributed by atoms with van der Waals surface area (Å²) < 4.78 is 10.8. The molecular weight excluding hydrogens is 378 g/mol. The Kier molecular flexibility index (Phi) is 6.65. The molecule has 1 N–H and O–H groups in total. The molecule has 28 heavy (non-hydrogen) atoms. The van der Waals surface area contributed by atoms with Crippen molar-refractivity contribution in [2.24, 2.45) is 0 Å². The third-order valence-electron chi connectivity index (χ3n) is 3.78. The van der Waals surface area contributed by atoms with Crippen LogP contribution in [0.4, 0.5) is 0 Å². The second-order valence-electron chi connectivity index (χ2n) is 5.91. The zero-order chi connectivity index (χ0) is 19.8. The number of ether oxygens (including phenoxy) is 2. The van der Waals surface area contributed by atoms with Gasteiger partial charge in [-0.1, -0.05) is 41.9 Å². The number of hydrogen-bond donors (Lipinski definition) is 1. The maximum Gasteiger partial charge on any atom is 0.325 e. The van der Waals surface area contributed by atoms with Crippen LogP contribution in [0, 0.1) is 0 Å². The summed E-state index contributed by atoms with van der Waals surface area (Å²) in [6.45, 7) is -0.123. The van der Waals surface area contributed by atoms with E-state index in [0.29, 0.717) is 22.1 Å². The predicted molar refractivity (Wildman–Crippen MR) is 107 cm³/mol. The van der Waals surface area contributed by atoms with Gasteiger partial charge in [-0.2, -0.15) is 0 Å². The Hall–Kier alpha value is -3.31. The molecular formula is C22H18ClNO4. The van der Waals surface area contributed by atoms with Gasteiger partial charge >= 0.3 is 5.97 Å². The molecule has 0 radical (unpaired) electrons. The van der Waals surface area contributed by atoms with E-state index < -0.39 is 5.97 Å². The van der Waals surface area contributed by atoms with Crippen molar-refractivity contribution in [2.45, 2.75) is 6.61 Å². The molecule has 0 bridgehead atoms. The van der Waals surface area contributed by atoms with Crippen molar-refractivity contribution >= 4 is 23.5 Å². The summed E-state index contributed by atoms with van der Waals surface area (Å²) in [5.41, 5.74) is 1.20. The van der Waals surface area contributed by atoms with Gasteiger partial charge in [0.15, 0.2) is 0 Å². The molecule has 5 nitrogen and oxygen atoms in total. The van der Waals surface area contributed by atoms with Gasteiger partial charge in [-0.3, -0.25) is 9.59 Å². The normalized spacial score (nSPS) is 10.2. The number of esters is 1. The van der Waals surface area contributed by atoms with Gasteiger partial charge in [0.25, 0.3) is 5.91 Å². The Morgan fingerprint density at radius 2 is 1.57 bits per heavy atom. The number of halogens is 1. The predicted octanol–water partition coefficient (Wildman–Crippen LogP) is 4.61. The van der Waals surface area contributed by atoms with E-state index in [9.17, 15) is 9.59 Å². The lowest BCUT2D eigenvalue weighted by molar-refractivity contribution is -0.143. The highest BCUT2D eigenvalue weighted by Crippen LogP contribution is 2.21. The maximum absolute atomic E-state index is 12.2. The van der Waals surface area contributed by atoms with E-state index in [2.05, 4.69) is 5.32 Å². The minimum Gasteiger partial charge on any atom is -0.460 e. The number of hydrogen-bond acceptors (Lipinski definition) is 4. The highest BCUT2D eigenvalue weighted by atomic mass is 35.5. The Morgan fingerprint density at radius 1 is 0.857 bits per heavy atom. The summed E-state index contributed by atoms with van der Waals surface area (Å²) in [7, 11) is 0. The van der Waals surface area contributed by atoms with Gasteiger partial charge in [0.05, 0.1) is 0 Å². The molecule has 0 fully saturated rings. The van der Waals surface area contributed by atoms with Crippen LogP contribution in [0.5, 0.6) is 11.5 Å². The van der Waals surface area contributed by atoms with Gasteiger partial charge in [0, 0.05) is 10.6 Å². The minimum atomic E-state index is -0.530. The summed E-state index contributed by atoms with van der Waals surface area (Å²) in [6, 6.07) is 23.0. The third-order valence-corrected chi connectivity index (χ3v) is 4.01. The van der Waals surface area contributed by atoms with Crippen LogP contribution >= 0.6 is 11.6 Å². The summed E-state index contributed by atoms with van der Waals surface area (Å²) in [6.07, 6.45) is 0. The van der Waals surface area contributed by atoms with Crippen LogP contribution in [-0.2, 0) is 16.1 Å². The van der Waals surface area contributed by atoms with E-state index in [4.69, 9.17) is 21.1 Å². The van der Waals surface area contributed by atoms with Crippen LogP contribution in [0.3, 0.4) is 0 Å². The number of carbonyl (C=O) groups is 2. The molecule has 0 unspecified atom stereocenters. The Bertz CT molecular complexity index is 942. The van der Waals surface area contributed by atoms with Gasteiger partial charge in [-0.15, -0.1) is 0 Å². The quantitative estimate of drug-likeness (QED) is 0.593. The number of carbonyl (C=O) groups excluding carboxylic acids is 2. The van der Waals surface area contributed by atoms with E-state index >= 15 is 0 Å². The standard InChI is InChI=1S/C22H18ClNO4/c23-18-6-4-5-16(13-18)15-27-21(25)14-24-22(26)17-9-11-20(12-10-17)28-19-7-2-1-3-8-19/h1-13H,14-15H2,(H,24,26). The smallest absolute Gasteiger partial charge is 0.325 e. The second-order valence-corrected chi connectivity index (χ2v) is 6.35. The van der Waals surface area contributed by atoms with Gasteiger partial charge in [-0.05, 0) is 54.1 Å². The van der Waals surface area contributed by atoms with Crippen molar-refractivity contribution in [1.29, 1.82) is 0 Å². The van der Waals surface area contributed by atoms with Crippen LogP contribution in [0.25, 0.3) is 0 Å². The van der Waals surface area contributed by atoms with Crippen LogP contribution in [0.15, 0.2) is 78.9 Å². The average Bonchev–Trinajstić information content (AvgIpc) is 2.72. The lowest BCUT2D eigenvalue weighted by Crippen LogP contribution is -2.30. The molecule has 0 saturated heterocycles. The van der Waals surface area contributed by atoms with Crippen molar-refractivity contribution in [3.63, 3.8) is 0 Å². The Labute approximate surface area is 167 Å². The largest absolute Gasteiger partial charge is 0.460 e. The second kappa shape index (κ2) is 9.58. The van der Waals surface area contributed by atoms with Crippen molar-refractivity contribution in [3.8, 4) is 11.5 Å². The third kappa shape index (κ3) is 5.86. The highest BCUT2D eigenvalue weighted by molar-refractivity contribution is 6.30. The molecule has 0 aliphatic carbocycles. The van der Waals surface area contributed by atoms with E-state index in [1.807, 2.05) is 30.3 Å². The molecule has 3 aromatic carbocycles. The molecule has 0 atom stereocenters. The summed E-state index contributed by atoms with van der Waals surface area (Å²) >= 11 is 5.88. The average molecular weight is 396 g/mol. The maximum atomic E-state index is 12.2. The van der Waals surface area contributed by atoms with Crippen molar-refractivity contribution in [3.05, 3.63) is 95.0 Å². The number of rotatable bonds is 7. The zero-order valence-corrected chi connectivity index (χ0v) is 15.7. The van der Waals surface area contributed by atoms with E-state index in [1.54, 1.807) is 48.5 Å². The Morgan fingerprint density at radius 3 is 2.29 bits per heavy atom. The first kappa shape index (κ1) is 19.5. The van der Waals surface area contributed by atoms with Crippen molar-refractivity contribution in [1.82, 2.24) is 5.32 Å². The lowest BCUT2D eigenvalue weighted by Gasteiger charge is -2.08. The fourth-order valence-corrected chi connectivity index (χ4v) is 2.61. The fraction of sp³-hybridized carbons (Fsp3) is 0.0909. The minimum absolute atomic E-state index is 0.0980. The van der Waals surface area contributed by atoms with Gasteiger partial charge in [-0.25, -0.2) is 0 Å². The van der Waals surface area contributed by atoms with Crippen LogP contribution in [-0.4, -0.2) is 18.4 Å². The molecule has 3 rings (SSSR count). The monoisotopic (exact) mass is 395 g/mol. The summed E-state index contributed by atoms with van der Waals surface area (Å²) in [4.78, 5) is 24.0. The SMILES string of the molecule is O=C(CNC(=O)c1ccc(Oc2ccccc2)cc1)OCc1cccc(Cl)c1. The van der Waals surface area contributed by atoms with Gasteiger partial charge in [0.1, 0.15) is 24.7 Å². The van der Waals surface area contributed by atoms with E-state index in [1.165, 1.54) is 0 Å². The molecule has 1 amide bonds. The fourth-order valence-electron chi connectivity index (χ4n) is 2.40. The zero-order valence-electron chi connectivity index (χ0n) is 14.9. The lowest BCUT2D eigenvalue weighted by atomic mass is 10.2. The van der Waals surface area contributed by atoms with Crippen molar-refractivity contribution < 1.29 is 19.1 Å². The van der Waals surface area contributed by atoms with E-state index in [-0.39, 0.29) is 19.1 Å². The summed E-state index contributed by atoms with van der Waals surface area (Å²) in [5, 5.41) is 3.11. The van der Waals surface area contributed by atoms with Crippen molar-refractivity contribution in [2.75, 3.05) is 6.54 Å². The van der Waals surface area contributed by atoms with Crippen LogP contribution in [0.2, 0.25) is 5.02 Å². The molecule has 0 spiro atoms. The van der Waals surface area contributed by atoms with E-state index in [0.717, 1.165) is 5.56 Å². The van der Waals surface area contributed by atoms with Crippen LogP contribution < -0.4 is 10.1 Å².